The van der Waals surface area contributed by atoms with Crippen LogP contribution >= 0.6 is 27.5 Å². The first-order valence-corrected chi connectivity index (χ1v) is 9.47. The van der Waals surface area contributed by atoms with Crippen LogP contribution in [0.1, 0.15) is 30.9 Å². The molecule has 0 fully saturated rings. The molecule has 5 heteroatoms. The van der Waals surface area contributed by atoms with E-state index in [0.717, 1.165) is 29.5 Å². The molecular weight excluding hydrogens is 402 g/mol. The molecule has 0 radical (unpaired) electrons. The molecule has 25 heavy (non-hydrogen) atoms. The van der Waals surface area contributed by atoms with Crippen molar-refractivity contribution < 1.29 is 9.53 Å². The van der Waals surface area contributed by atoms with Gasteiger partial charge in [-0.15, -0.1) is 0 Å². The number of carbonyl (C=O) groups is 1. The fourth-order valence-corrected chi connectivity index (χ4v) is 3.61. The van der Waals surface area contributed by atoms with E-state index in [4.69, 9.17) is 16.3 Å². The Kier molecular flexibility index (Phi) is 7.48. The molecule has 0 unspecified atom stereocenters. The van der Waals surface area contributed by atoms with Crippen LogP contribution < -0.4 is 4.74 Å². The van der Waals surface area contributed by atoms with Gasteiger partial charge in [0.05, 0.1) is 0 Å². The van der Waals surface area contributed by atoms with Crippen LogP contribution in [-0.4, -0.2) is 31.0 Å². The summed E-state index contributed by atoms with van der Waals surface area (Å²) in [5, 5.41) is 0.639. The lowest BCUT2D eigenvalue weighted by Crippen LogP contribution is -2.26. The smallest absolute Gasteiger partial charge is 0.308 e. The molecule has 0 bridgehead atoms. The number of hydrogen-bond donors (Lipinski definition) is 0. The number of ether oxygens (including phenoxy) is 1. The zero-order valence-electron chi connectivity index (χ0n) is 14.8. The second-order valence-corrected chi connectivity index (χ2v) is 7.41. The van der Waals surface area contributed by atoms with E-state index in [-0.39, 0.29) is 11.9 Å². The van der Waals surface area contributed by atoms with Crippen LogP contribution in [0.25, 0.3) is 0 Å². The lowest BCUT2D eigenvalue weighted by atomic mass is 9.91. The Bertz CT molecular complexity index is 735. The molecule has 0 spiro atoms. The summed E-state index contributed by atoms with van der Waals surface area (Å²) >= 11 is 9.85. The minimum atomic E-state index is -0.327. The van der Waals surface area contributed by atoms with E-state index in [9.17, 15) is 4.79 Å². The van der Waals surface area contributed by atoms with E-state index in [1.165, 1.54) is 12.5 Å². The summed E-state index contributed by atoms with van der Waals surface area (Å²) in [5.41, 5.74) is 2.17. The standard InChI is InChI=1S/C20H23BrClNO2/c1-4-23(3)13-16(18-7-5-6-8-19(18)21)11-15-12-17(22)9-10-20(15)25-14(2)24/h5-10,12,16H,4,11,13H2,1-3H3/t16-/m0/s1. The highest BCUT2D eigenvalue weighted by molar-refractivity contribution is 9.10. The second-order valence-electron chi connectivity index (χ2n) is 6.12. The minimum Gasteiger partial charge on any atom is -0.426 e. The van der Waals surface area contributed by atoms with Crippen molar-refractivity contribution in [1.82, 2.24) is 4.90 Å². The highest BCUT2D eigenvalue weighted by Crippen LogP contribution is 2.32. The monoisotopic (exact) mass is 423 g/mol. The molecule has 0 aliphatic rings. The number of nitrogens with zero attached hydrogens (tertiary/aromatic N) is 1. The summed E-state index contributed by atoms with van der Waals surface area (Å²) in [5.74, 6) is 0.494. The summed E-state index contributed by atoms with van der Waals surface area (Å²) in [6, 6.07) is 13.6. The van der Waals surface area contributed by atoms with Gasteiger partial charge >= 0.3 is 5.97 Å². The van der Waals surface area contributed by atoms with E-state index >= 15 is 0 Å². The third-order valence-corrected chi connectivity index (χ3v) is 5.12. The summed E-state index contributed by atoms with van der Waals surface area (Å²) in [4.78, 5) is 13.7. The zero-order valence-corrected chi connectivity index (χ0v) is 17.1. The van der Waals surface area contributed by atoms with Crippen molar-refractivity contribution in [1.29, 1.82) is 0 Å². The first-order valence-electron chi connectivity index (χ1n) is 8.30. The van der Waals surface area contributed by atoms with Gasteiger partial charge in [-0.3, -0.25) is 4.79 Å². The highest BCUT2D eigenvalue weighted by Gasteiger charge is 2.19. The number of rotatable bonds is 7. The molecule has 0 saturated heterocycles. The van der Waals surface area contributed by atoms with Gasteiger partial charge in [0.25, 0.3) is 0 Å². The molecule has 134 valence electrons. The van der Waals surface area contributed by atoms with Crippen LogP contribution in [0.3, 0.4) is 0 Å². The molecule has 0 N–H and O–H groups in total. The average molecular weight is 425 g/mol. The summed E-state index contributed by atoms with van der Waals surface area (Å²) in [6.07, 6.45) is 0.732. The van der Waals surface area contributed by atoms with Crippen molar-refractivity contribution in [3.63, 3.8) is 0 Å². The lowest BCUT2D eigenvalue weighted by molar-refractivity contribution is -0.131. The third kappa shape index (κ3) is 5.84. The van der Waals surface area contributed by atoms with Crippen molar-refractivity contribution in [2.45, 2.75) is 26.2 Å². The molecule has 0 aliphatic heterocycles. The van der Waals surface area contributed by atoms with Crippen molar-refractivity contribution in [2.75, 3.05) is 20.1 Å². The largest absolute Gasteiger partial charge is 0.426 e. The maximum absolute atomic E-state index is 11.4. The molecule has 2 aromatic carbocycles. The van der Waals surface area contributed by atoms with Crippen LogP contribution in [-0.2, 0) is 11.2 Å². The molecule has 2 aromatic rings. The van der Waals surface area contributed by atoms with E-state index in [0.29, 0.717) is 10.8 Å². The third-order valence-electron chi connectivity index (χ3n) is 4.16. The van der Waals surface area contributed by atoms with Gasteiger partial charge in [-0.1, -0.05) is 52.7 Å². The number of likely N-dealkylation sites (N-methyl/N-ethyl adjacent to an activating group) is 1. The number of benzene rings is 2. The topological polar surface area (TPSA) is 29.5 Å². The Morgan fingerprint density at radius 2 is 2.00 bits per heavy atom. The second kappa shape index (κ2) is 9.37. The Morgan fingerprint density at radius 3 is 2.64 bits per heavy atom. The number of hydrogen-bond acceptors (Lipinski definition) is 3. The quantitative estimate of drug-likeness (QED) is 0.446. The van der Waals surface area contributed by atoms with Gasteiger partial charge in [0.15, 0.2) is 0 Å². The predicted octanol–water partition coefficient (Wildman–Crippen LogP) is 5.31. The van der Waals surface area contributed by atoms with E-state index < -0.39 is 0 Å². The lowest BCUT2D eigenvalue weighted by Gasteiger charge is -2.25. The molecular formula is C20H23BrClNO2. The molecule has 2 rings (SSSR count). The molecule has 0 heterocycles. The van der Waals surface area contributed by atoms with Gasteiger partial charge in [-0.05, 0) is 55.4 Å². The Hall–Kier alpha value is -1.36. The van der Waals surface area contributed by atoms with Crippen molar-refractivity contribution in [2.24, 2.45) is 0 Å². The van der Waals surface area contributed by atoms with Crippen LogP contribution in [0.15, 0.2) is 46.9 Å². The van der Waals surface area contributed by atoms with Gasteiger partial charge in [-0.25, -0.2) is 0 Å². The molecule has 0 aromatic heterocycles. The first-order chi connectivity index (χ1) is 11.9. The molecule has 0 saturated carbocycles. The van der Waals surface area contributed by atoms with Crippen LogP contribution in [0, 0.1) is 0 Å². The summed E-state index contributed by atoms with van der Waals surface area (Å²) in [7, 11) is 2.11. The van der Waals surface area contributed by atoms with Crippen molar-refractivity contribution in [3.05, 3.63) is 63.1 Å². The molecule has 1 atom stereocenters. The Balaban J connectivity index is 2.38. The van der Waals surface area contributed by atoms with Gasteiger partial charge in [0, 0.05) is 28.9 Å². The van der Waals surface area contributed by atoms with Gasteiger partial charge in [0.2, 0.25) is 0 Å². The zero-order chi connectivity index (χ0) is 18.4. The van der Waals surface area contributed by atoms with E-state index in [1.54, 1.807) is 12.1 Å². The number of esters is 1. The predicted molar refractivity (Wildman–Crippen MR) is 107 cm³/mol. The maximum Gasteiger partial charge on any atom is 0.308 e. The summed E-state index contributed by atoms with van der Waals surface area (Å²) in [6.45, 7) is 5.41. The average Bonchev–Trinajstić information content (AvgIpc) is 2.56. The highest BCUT2D eigenvalue weighted by atomic mass is 79.9. The molecule has 0 amide bonds. The van der Waals surface area contributed by atoms with E-state index in [1.807, 2.05) is 18.2 Å². The van der Waals surface area contributed by atoms with Crippen LogP contribution in [0.4, 0.5) is 0 Å². The maximum atomic E-state index is 11.4. The summed E-state index contributed by atoms with van der Waals surface area (Å²) < 4.78 is 6.46. The first kappa shape index (κ1) is 20.0. The van der Waals surface area contributed by atoms with Crippen LogP contribution in [0.2, 0.25) is 5.02 Å². The Labute approximate surface area is 163 Å². The fourth-order valence-electron chi connectivity index (χ4n) is 2.81. The molecule has 0 aliphatic carbocycles. The Morgan fingerprint density at radius 1 is 1.28 bits per heavy atom. The number of carbonyl (C=O) groups excluding carboxylic acids is 1. The SMILES string of the molecule is CCN(C)C[C@H](Cc1cc(Cl)ccc1OC(C)=O)c1ccccc1Br. The molecule has 3 nitrogen and oxygen atoms in total. The van der Waals surface area contributed by atoms with E-state index in [2.05, 4.69) is 46.9 Å². The normalized spacial score (nSPS) is 12.2. The fraction of sp³-hybridized carbons (Fsp3) is 0.350. The van der Waals surface area contributed by atoms with Gasteiger partial charge in [0.1, 0.15) is 5.75 Å². The minimum absolute atomic E-state index is 0.244. The van der Waals surface area contributed by atoms with Crippen LogP contribution in [0.5, 0.6) is 5.75 Å². The number of halogens is 2. The van der Waals surface area contributed by atoms with Gasteiger partial charge in [-0.2, -0.15) is 0 Å². The van der Waals surface area contributed by atoms with Gasteiger partial charge < -0.3 is 9.64 Å². The van der Waals surface area contributed by atoms with Crippen molar-refractivity contribution in [3.8, 4) is 5.75 Å². The van der Waals surface area contributed by atoms with Crippen molar-refractivity contribution >= 4 is 33.5 Å².